The summed E-state index contributed by atoms with van der Waals surface area (Å²) in [7, 11) is 0. The summed E-state index contributed by atoms with van der Waals surface area (Å²) in [6.45, 7) is 4.24. The fraction of sp³-hybridized carbons (Fsp3) is 0.259. The van der Waals surface area contributed by atoms with Gasteiger partial charge in [-0.15, -0.1) is 11.3 Å². The fourth-order valence-corrected chi connectivity index (χ4v) is 4.60. The molecule has 0 spiro atoms. The molecule has 204 valence electrons. The molecule has 2 heterocycles. The van der Waals surface area contributed by atoms with Crippen molar-refractivity contribution in [2.24, 2.45) is 0 Å². The van der Waals surface area contributed by atoms with Gasteiger partial charge >= 0.3 is 12.1 Å². The first-order valence-corrected chi connectivity index (χ1v) is 13.0. The van der Waals surface area contributed by atoms with Crippen LogP contribution in [0.15, 0.2) is 58.7 Å². The van der Waals surface area contributed by atoms with Crippen LogP contribution in [0.1, 0.15) is 53.1 Å². The smallest absolute Gasteiger partial charge is 0.416 e. The minimum atomic E-state index is -4.57. The zero-order valence-corrected chi connectivity index (χ0v) is 21.8. The first-order valence-electron chi connectivity index (χ1n) is 12.1. The summed E-state index contributed by atoms with van der Waals surface area (Å²) in [5.41, 5.74) is -1.54. The second kappa shape index (κ2) is 11.7. The van der Waals surface area contributed by atoms with Crippen molar-refractivity contribution in [3.05, 3.63) is 81.1 Å². The average Bonchev–Trinajstić information content (AvgIpc) is 3.33. The number of benzene rings is 2. The molecule has 1 amide bonds. The number of amides is 1. The van der Waals surface area contributed by atoms with Crippen LogP contribution in [-0.2, 0) is 10.9 Å². The number of aromatic nitrogens is 2. The number of hydrogen-bond acceptors (Lipinski definition) is 7. The largest absolute Gasteiger partial charge is 0.494 e. The van der Waals surface area contributed by atoms with Crippen LogP contribution < -0.4 is 15.6 Å². The number of thiophene rings is 1. The van der Waals surface area contributed by atoms with Gasteiger partial charge in [0.25, 0.3) is 11.5 Å². The Morgan fingerprint density at radius 2 is 1.74 bits per heavy atom. The van der Waals surface area contributed by atoms with Crippen LogP contribution >= 0.6 is 11.3 Å². The molecular formula is C27H24F3N3O5S. The van der Waals surface area contributed by atoms with E-state index in [-0.39, 0.29) is 33.8 Å². The van der Waals surface area contributed by atoms with Crippen molar-refractivity contribution >= 4 is 39.0 Å². The number of rotatable bonds is 9. The quantitative estimate of drug-likeness (QED) is 0.197. The number of nitrogens with one attached hydrogen (secondary N) is 1. The molecule has 1 N–H and O–H groups in total. The molecule has 0 aliphatic carbocycles. The topological polar surface area (TPSA) is 99.5 Å². The summed E-state index contributed by atoms with van der Waals surface area (Å²) >= 11 is 1.01. The van der Waals surface area contributed by atoms with Crippen LogP contribution in [0.3, 0.4) is 0 Å². The minimum absolute atomic E-state index is 0.00240. The number of alkyl halides is 3. The number of fused-ring (bicyclic) bond motifs is 1. The lowest BCUT2D eigenvalue weighted by Gasteiger charge is -2.11. The van der Waals surface area contributed by atoms with Gasteiger partial charge in [-0.05, 0) is 61.9 Å². The maximum absolute atomic E-state index is 13.5. The predicted molar refractivity (Wildman–Crippen MR) is 141 cm³/mol. The van der Waals surface area contributed by atoms with Gasteiger partial charge in [0.15, 0.2) is 5.69 Å². The third kappa shape index (κ3) is 6.11. The summed E-state index contributed by atoms with van der Waals surface area (Å²) < 4.78 is 50.6. The molecule has 4 aromatic rings. The summed E-state index contributed by atoms with van der Waals surface area (Å²) in [6, 6.07) is 10.3. The van der Waals surface area contributed by atoms with Crippen molar-refractivity contribution < 1.29 is 32.2 Å². The number of anilines is 1. The molecule has 4 rings (SSSR count). The lowest BCUT2D eigenvalue weighted by Crippen LogP contribution is -2.25. The summed E-state index contributed by atoms with van der Waals surface area (Å²) in [6.07, 6.45) is -2.68. The van der Waals surface area contributed by atoms with Crippen LogP contribution in [0.2, 0.25) is 0 Å². The zero-order chi connectivity index (χ0) is 28.2. The Balaban J connectivity index is 1.73. The second-order valence-electron chi connectivity index (χ2n) is 8.36. The van der Waals surface area contributed by atoms with Crippen LogP contribution in [-0.4, -0.2) is 34.9 Å². The molecule has 0 aliphatic rings. The SMILES string of the molecule is CCCCOc1ccc(C(=O)Nc2scc3c(C(=O)OCC)nn(-c4ccc(C(F)(F)F)cc4)c(=O)c23)cc1. The van der Waals surface area contributed by atoms with E-state index in [1.807, 2.05) is 0 Å². The third-order valence-corrected chi connectivity index (χ3v) is 6.57. The Hall–Kier alpha value is -4.19. The number of hydrogen-bond donors (Lipinski definition) is 1. The highest BCUT2D eigenvalue weighted by molar-refractivity contribution is 7.16. The van der Waals surface area contributed by atoms with Crippen molar-refractivity contribution in [1.29, 1.82) is 0 Å². The van der Waals surface area contributed by atoms with Crippen molar-refractivity contribution in [3.63, 3.8) is 0 Å². The molecule has 0 saturated heterocycles. The van der Waals surface area contributed by atoms with E-state index in [0.717, 1.165) is 53.1 Å². The molecule has 0 aliphatic heterocycles. The van der Waals surface area contributed by atoms with Gasteiger partial charge in [-0.25, -0.2) is 4.79 Å². The van der Waals surface area contributed by atoms with Gasteiger partial charge in [-0.3, -0.25) is 9.59 Å². The van der Waals surface area contributed by atoms with Gasteiger partial charge in [0, 0.05) is 16.3 Å². The molecule has 0 radical (unpaired) electrons. The van der Waals surface area contributed by atoms with E-state index in [2.05, 4.69) is 17.3 Å². The number of carbonyl (C=O) groups is 2. The minimum Gasteiger partial charge on any atom is -0.494 e. The molecule has 39 heavy (non-hydrogen) atoms. The number of halogens is 3. The van der Waals surface area contributed by atoms with Gasteiger partial charge in [0.05, 0.1) is 29.9 Å². The first kappa shape index (κ1) is 27.8. The van der Waals surface area contributed by atoms with E-state index >= 15 is 0 Å². The standard InChI is InChI=1S/C27H24F3N3O5S/c1-3-5-14-38-19-12-6-16(7-13-19)23(34)31-24-21-20(15-39-24)22(26(36)37-4-2)32-33(25(21)35)18-10-8-17(9-11-18)27(28,29)30/h6-13,15H,3-5,14H2,1-2H3,(H,31,34). The zero-order valence-electron chi connectivity index (χ0n) is 21.0. The number of ether oxygens (including phenoxy) is 2. The summed E-state index contributed by atoms with van der Waals surface area (Å²) in [5.74, 6) is -0.711. The maximum atomic E-state index is 13.5. The molecule has 0 bridgehead atoms. The number of nitrogens with zero attached hydrogens (tertiary/aromatic N) is 2. The van der Waals surface area contributed by atoms with Gasteiger partial charge in [0.2, 0.25) is 0 Å². The molecule has 2 aromatic heterocycles. The Bertz CT molecular complexity index is 1540. The predicted octanol–water partition coefficient (Wildman–Crippen LogP) is 6.07. The maximum Gasteiger partial charge on any atom is 0.416 e. The molecule has 8 nitrogen and oxygen atoms in total. The van der Waals surface area contributed by atoms with E-state index in [1.165, 1.54) is 5.38 Å². The number of esters is 1. The fourth-order valence-electron chi connectivity index (χ4n) is 3.67. The van der Waals surface area contributed by atoms with E-state index in [9.17, 15) is 27.6 Å². The van der Waals surface area contributed by atoms with Crippen LogP contribution in [0.5, 0.6) is 5.75 Å². The number of unbranched alkanes of at least 4 members (excludes halogenated alkanes) is 1. The molecule has 0 atom stereocenters. The Morgan fingerprint density at radius 3 is 2.36 bits per heavy atom. The summed E-state index contributed by atoms with van der Waals surface area (Å²) in [5, 5.41) is 8.57. The number of carbonyl (C=O) groups excluding carboxylic acids is 2. The van der Waals surface area contributed by atoms with Crippen LogP contribution in [0, 0.1) is 0 Å². The molecular weight excluding hydrogens is 535 g/mol. The lowest BCUT2D eigenvalue weighted by molar-refractivity contribution is -0.137. The van der Waals surface area contributed by atoms with Gasteiger partial charge in [-0.1, -0.05) is 13.3 Å². The van der Waals surface area contributed by atoms with Crippen molar-refractivity contribution in [3.8, 4) is 11.4 Å². The highest BCUT2D eigenvalue weighted by Gasteiger charge is 2.30. The molecule has 0 saturated carbocycles. The lowest BCUT2D eigenvalue weighted by atomic mass is 10.2. The Morgan fingerprint density at radius 1 is 1.05 bits per heavy atom. The van der Waals surface area contributed by atoms with Crippen LogP contribution in [0.25, 0.3) is 16.5 Å². The van der Waals surface area contributed by atoms with Gasteiger partial charge in [0.1, 0.15) is 10.8 Å². The highest BCUT2D eigenvalue weighted by atomic mass is 32.1. The average molecular weight is 560 g/mol. The van der Waals surface area contributed by atoms with E-state index in [1.54, 1.807) is 31.2 Å². The normalized spacial score (nSPS) is 11.4. The van der Waals surface area contributed by atoms with Crippen molar-refractivity contribution in [2.45, 2.75) is 32.9 Å². The van der Waals surface area contributed by atoms with E-state index in [0.29, 0.717) is 17.9 Å². The van der Waals surface area contributed by atoms with Crippen molar-refractivity contribution in [2.75, 3.05) is 18.5 Å². The van der Waals surface area contributed by atoms with Crippen LogP contribution in [0.4, 0.5) is 18.2 Å². The monoisotopic (exact) mass is 559 g/mol. The van der Waals surface area contributed by atoms with Gasteiger partial charge in [-0.2, -0.15) is 23.0 Å². The molecule has 0 unspecified atom stereocenters. The molecule has 12 heteroatoms. The first-order chi connectivity index (χ1) is 18.6. The third-order valence-electron chi connectivity index (χ3n) is 5.67. The van der Waals surface area contributed by atoms with E-state index < -0.39 is 29.2 Å². The van der Waals surface area contributed by atoms with E-state index in [4.69, 9.17) is 9.47 Å². The van der Waals surface area contributed by atoms with Gasteiger partial charge < -0.3 is 14.8 Å². The second-order valence-corrected chi connectivity index (χ2v) is 9.24. The summed E-state index contributed by atoms with van der Waals surface area (Å²) in [4.78, 5) is 39.1. The Labute approximate surface area is 225 Å². The molecule has 2 aromatic carbocycles. The highest BCUT2D eigenvalue weighted by Crippen LogP contribution is 2.32. The Kier molecular flexibility index (Phi) is 8.34. The van der Waals surface area contributed by atoms with Crippen molar-refractivity contribution in [1.82, 2.24) is 9.78 Å². The molecule has 0 fully saturated rings.